The molecule has 0 saturated heterocycles. The molecule has 0 aliphatic carbocycles. The highest BCUT2D eigenvalue weighted by molar-refractivity contribution is 5.83. The predicted molar refractivity (Wildman–Crippen MR) is 67.5 cm³/mol. The molecule has 0 aromatic rings. The Labute approximate surface area is 104 Å². The molecule has 0 heterocycles. The maximum atomic E-state index is 11.7. The van der Waals surface area contributed by atoms with Crippen LogP contribution in [-0.2, 0) is 14.3 Å². The highest BCUT2D eigenvalue weighted by Crippen LogP contribution is 2.12. The van der Waals surface area contributed by atoms with Crippen molar-refractivity contribution in [2.24, 2.45) is 11.8 Å². The molecular formula is C13H25NO3. The predicted octanol–water partition coefficient (Wildman–Crippen LogP) is 2.08. The third-order valence-electron chi connectivity index (χ3n) is 2.65. The molecule has 0 aromatic heterocycles. The fourth-order valence-electron chi connectivity index (χ4n) is 1.44. The van der Waals surface area contributed by atoms with E-state index in [1.807, 2.05) is 6.92 Å². The fraction of sp³-hybridized carbons (Fsp3) is 0.846. The largest absolute Gasteiger partial charge is 0.466 e. The summed E-state index contributed by atoms with van der Waals surface area (Å²) in [6, 6.07) is 0. The molecule has 0 rings (SSSR count). The maximum Gasteiger partial charge on any atom is 0.306 e. The van der Waals surface area contributed by atoms with E-state index in [0.29, 0.717) is 18.9 Å². The lowest BCUT2D eigenvalue weighted by molar-refractivity contribution is -0.148. The van der Waals surface area contributed by atoms with E-state index in [1.54, 1.807) is 14.1 Å². The van der Waals surface area contributed by atoms with Gasteiger partial charge in [0.25, 0.3) is 0 Å². The molecule has 0 spiro atoms. The van der Waals surface area contributed by atoms with Gasteiger partial charge in [0.05, 0.1) is 13.0 Å². The van der Waals surface area contributed by atoms with Crippen LogP contribution in [0, 0.1) is 11.8 Å². The number of hydrogen-bond acceptors (Lipinski definition) is 3. The summed E-state index contributed by atoms with van der Waals surface area (Å²) in [5, 5.41) is 0. The fourth-order valence-corrected chi connectivity index (χ4v) is 1.44. The van der Waals surface area contributed by atoms with Crippen molar-refractivity contribution in [2.45, 2.75) is 40.0 Å². The molecule has 0 aliphatic heterocycles. The zero-order valence-corrected chi connectivity index (χ0v) is 11.7. The number of ether oxygens (including phenoxy) is 1. The topological polar surface area (TPSA) is 46.6 Å². The molecule has 4 heteroatoms. The van der Waals surface area contributed by atoms with Gasteiger partial charge in [0, 0.05) is 20.0 Å². The van der Waals surface area contributed by atoms with Crippen LogP contribution in [0.25, 0.3) is 0 Å². The molecule has 0 saturated carbocycles. The van der Waals surface area contributed by atoms with Crippen LogP contribution in [0.2, 0.25) is 0 Å². The van der Waals surface area contributed by atoms with Crippen LogP contribution in [0.4, 0.5) is 0 Å². The van der Waals surface area contributed by atoms with Crippen molar-refractivity contribution in [2.75, 3.05) is 20.7 Å². The lowest BCUT2D eigenvalue weighted by Crippen LogP contribution is -2.31. The van der Waals surface area contributed by atoms with Gasteiger partial charge in [0.2, 0.25) is 5.91 Å². The van der Waals surface area contributed by atoms with Crippen LogP contribution in [0.3, 0.4) is 0 Å². The zero-order valence-electron chi connectivity index (χ0n) is 11.7. The lowest BCUT2D eigenvalue weighted by Gasteiger charge is -2.18. The minimum Gasteiger partial charge on any atom is -0.466 e. The SMILES string of the molecule is CC[C@H](CC(=O)OCCC(C)C)C(=O)N(C)C. The van der Waals surface area contributed by atoms with Crippen LogP contribution < -0.4 is 0 Å². The van der Waals surface area contributed by atoms with Gasteiger partial charge in [-0.2, -0.15) is 0 Å². The van der Waals surface area contributed by atoms with Gasteiger partial charge in [0.15, 0.2) is 0 Å². The van der Waals surface area contributed by atoms with Gasteiger partial charge in [-0.1, -0.05) is 20.8 Å². The second-order valence-electron chi connectivity index (χ2n) is 4.94. The van der Waals surface area contributed by atoms with E-state index in [9.17, 15) is 9.59 Å². The molecule has 100 valence electrons. The second kappa shape index (κ2) is 8.09. The first-order valence-electron chi connectivity index (χ1n) is 6.25. The Morgan fingerprint density at radius 1 is 1.24 bits per heavy atom. The highest BCUT2D eigenvalue weighted by Gasteiger charge is 2.22. The third-order valence-corrected chi connectivity index (χ3v) is 2.65. The van der Waals surface area contributed by atoms with E-state index in [2.05, 4.69) is 13.8 Å². The van der Waals surface area contributed by atoms with Crippen LogP contribution in [-0.4, -0.2) is 37.5 Å². The molecule has 0 radical (unpaired) electrons. The highest BCUT2D eigenvalue weighted by atomic mass is 16.5. The molecular weight excluding hydrogens is 218 g/mol. The first-order valence-corrected chi connectivity index (χ1v) is 6.25. The van der Waals surface area contributed by atoms with Crippen LogP contribution in [0.1, 0.15) is 40.0 Å². The zero-order chi connectivity index (χ0) is 13.4. The number of carbonyl (C=O) groups excluding carboxylic acids is 2. The van der Waals surface area contributed by atoms with Crippen molar-refractivity contribution in [1.29, 1.82) is 0 Å². The summed E-state index contributed by atoms with van der Waals surface area (Å²) < 4.78 is 5.11. The minimum atomic E-state index is -0.271. The van der Waals surface area contributed by atoms with Gasteiger partial charge in [-0.15, -0.1) is 0 Å². The molecule has 0 N–H and O–H groups in total. The number of rotatable bonds is 7. The summed E-state index contributed by atoms with van der Waals surface area (Å²) in [5.74, 6) is -0.00858. The molecule has 0 bridgehead atoms. The quantitative estimate of drug-likeness (QED) is 0.643. The van der Waals surface area contributed by atoms with Crippen molar-refractivity contribution in [1.82, 2.24) is 4.90 Å². The molecule has 0 unspecified atom stereocenters. The molecule has 0 fully saturated rings. The van der Waals surface area contributed by atoms with E-state index in [1.165, 1.54) is 4.90 Å². The van der Waals surface area contributed by atoms with Crippen molar-refractivity contribution >= 4 is 11.9 Å². The van der Waals surface area contributed by atoms with Gasteiger partial charge in [-0.3, -0.25) is 9.59 Å². The molecule has 17 heavy (non-hydrogen) atoms. The Bertz CT molecular complexity index is 249. The number of nitrogens with zero attached hydrogens (tertiary/aromatic N) is 1. The summed E-state index contributed by atoms with van der Waals surface area (Å²) in [4.78, 5) is 24.8. The Kier molecular flexibility index (Phi) is 7.59. The van der Waals surface area contributed by atoms with Gasteiger partial charge in [-0.25, -0.2) is 0 Å². The van der Waals surface area contributed by atoms with E-state index in [-0.39, 0.29) is 24.2 Å². The number of amides is 1. The standard InChI is InChI=1S/C13H25NO3/c1-6-11(13(16)14(4)5)9-12(15)17-8-7-10(2)3/h10-11H,6-9H2,1-5H3/t11-/m1/s1. The summed E-state index contributed by atoms with van der Waals surface area (Å²) in [5.41, 5.74) is 0. The second-order valence-corrected chi connectivity index (χ2v) is 4.94. The first-order chi connectivity index (χ1) is 7.88. The summed E-state index contributed by atoms with van der Waals surface area (Å²) in [6.45, 7) is 6.52. The third kappa shape index (κ3) is 6.97. The van der Waals surface area contributed by atoms with E-state index in [0.717, 1.165) is 6.42 Å². The van der Waals surface area contributed by atoms with Crippen LogP contribution >= 0.6 is 0 Å². The van der Waals surface area contributed by atoms with Gasteiger partial charge >= 0.3 is 5.97 Å². The number of carbonyl (C=O) groups is 2. The lowest BCUT2D eigenvalue weighted by atomic mass is 10.0. The average molecular weight is 243 g/mol. The van der Waals surface area contributed by atoms with Crippen molar-refractivity contribution in [3.63, 3.8) is 0 Å². The number of hydrogen-bond donors (Lipinski definition) is 0. The molecule has 4 nitrogen and oxygen atoms in total. The monoisotopic (exact) mass is 243 g/mol. The van der Waals surface area contributed by atoms with E-state index >= 15 is 0 Å². The maximum absolute atomic E-state index is 11.7. The molecule has 0 aliphatic rings. The van der Waals surface area contributed by atoms with Gasteiger partial charge in [0.1, 0.15) is 0 Å². The normalized spacial score (nSPS) is 12.4. The van der Waals surface area contributed by atoms with E-state index < -0.39 is 0 Å². The average Bonchev–Trinajstić information content (AvgIpc) is 2.24. The van der Waals surface area contributed by atoms with Crippen molar-refractivity contribution in [3.05, 3.63) is 0 Å². The van der Waals surface area contributed by atoms with Gasteiger partial charge in [-0.05, 0) is 18.8 Å². The number of esters is 1. The Morgan fingerprint density at radius 3 is 2.24 bits per heavy atom. The summed E-state index contributed by atoms with van der Waals surface area (Å²) in [7, 11) is 3.41. The Balaban J connectivity index is 4.03. The minimum absolute atomic E-state index is 0.00619. The molecule has 1 atom stereocenters. The Morgan fingerprint density at radius 2 is 1.82 bits per heavy atom. The molecule has 0 aromatic carbocycles. The van der Waals surface area contributed by atoms with Gasteiger partial charge < -0.3 is 9.64 Å². The van der Waals surface area contributed by atoms with Crippen molar-refractivity contribution < 1.29 is 14.3 Å². The van der Waals surface area contributed by atoms with Crippen molar-refractivity contribution in [3.8, 4) is 0 Å². The van der Waals surface area contributed by atoms with Crippen LogP contribution in [0.5, 0.6) is 0 Å². The summed E-state index contributed by atoms with van der Waals surface area (Å²) >= 11 is 0. The molecule has 1 amide bonds. The van der Waals surface area contributed by atoms with Crippen LogP contribution in [0.15, 0.2) is 0 Å². The smallest absolute Gasteiger partial charge is 0.306 e. The summed E-state index contributed by atoms with van der Waals surface area (Å²) in [6.07, 6.45) is 1.71. The Hall–Kier alpha value is -1.06. The van der Waals surface area contributed by atoms with E-state index in [4.69, 9.17) is 4.74 Å². The first kappa shape index (κ1) is 15.9.